The van der Waals surface area contributed by atoms with Gasteiger partial charge in [0, 0.05) is 18.4 Å². The lowest BCUT2D eigenvalue weighted by Gasteiger charge is -2.30. The number of esters is 2. The molecule has 4 heteroatoms. The topological polar surface area (TPSA) is 52.6 Å². The van der Waals surface area contributed by atoms with E-state index in [1.807, 2.05) is 0 Å². The van der Waals surface area contributed by atoms with Crippen molar-refractivity contribution in [1.82, 2.24) is 0 Å². The first-order chi connectivity index (χ1) is 7.49. The van der Waals surface area contributed by atoms with Gasteiger partial charge in [0.15, 0.2) is 0 Å². The van der Waals surface area contributed by atoms with Crippen molar-refractivity contribution in [2.24, 2.45) is 11.3 Å². The zero-order valence-electron chi connectivity index (χ0n) is 9.19. The van der Waals surface area contributed by atoms with Gasteiger partial charge in [-0.25, -0.2) is 9.59 Å². The van der Waals surface area contributed by atoms with Gasteiger partial charge in [-0.2, -0.15) is 0 Å². The molecular formula is C12H14O4. The Bertz CT molecular complexity index is 402. The summed E-state index contributed by atoms with van der Waals surface area (Å²) in [5.41, 5.74) is -0.925. The highest BCUT2D eigenvalue weighted by molar-refractivity contribution is 5.90. The first-order valence-electron chi connectivity index (χ1n) is 5.56. The van der Waals surface area contributed by atoms with Crippen LogP contribution in [0.5, 0.6) is 0 Å². The smallest absolute Gasteiger partial charge is 0.351 e. The maximum Gasteiger partial charge on any atom is 0.351 e. The van der Waals surface area contributed by atoms with E-state index < -0.39 is 11.6 Å². The van der Waals surface area contributed by atoms with Crippen LogP contribution >= 0.6 is 0 Å². The minimum atomic E-state index is -1.01. The highest BCUT2D eigenvalue weighted by Gasteiger charge is 2.73. The third kappa shape index (κ3) is 0.996. The Morgan fingerprint density at radius 3 is 3.00 bits per heavy atom. The number of fused-ring (bicyclic) bond motifs is 1. The molecular weight excluding hydrogens is 208 g/mol. The molecule has 4 unspecified atom stereocenters. The summed E-state index contributed by atoms with van der Waals surface area (Å²) < 4.78 is 10.6. The molecule has 0 aromatic carbocycles. The van der Waals surface area contributed by atoms with Gasteiger partial charge in [-0.1, -0.05) is 13.5 Å². The normalized spacial score (nSPS) is 47.9. The van der Waals surface area contributed by atoms with Gasteiger partial charge in [0.1, 0.15) is 6.10 Å². The van der Waals surface area contributed by atoms with Gasteiger partial charge in [0.2, 0.25) is 5.60 Å². The number of ether oxygens (including phenoxy) is 2. The zero-order valence-corrected chi connectivity index (χ0v) is 9.19. The second-order valence-electron chi connectivity index (χ2n) is 5.46. The maximum absolute atomic E-state index is 11.9. The third-order valence-corrected chi connectivity index (χ3v) is 4.20. The lowest BCUT2D eigenvalue weighted by Crippen LogP contribution is -2.44. The van der Waals surface area contributed by atoms with Crippen LogP contribution in [-0.4, -0.2) is 23.6 Å². The van der Waals surface area contributed by atoms with Crippen LogP contribution in [0.15, 0.2) is 12.7 Å². The largest absolute Gasteiger partial charge is 0.459 e. The second kappa shape index (κ2) is 2.67. The monoisotopic (exact) mass is 222 g/mol. The first kappa shape index (κ1) is 9.87. The fourth-order valence-electron chi connectivity index (χ4n) is 3.71. The van der Waals surface area contributed by atoms with E-state index in [0.717, 1.165) is 18.9 Å². The molecule has 0 N–H and O–H groups in total. The Morgan fingerprint density at radius 1 is 1.62 bits per heavy atom. The molecule has 0 radical (unpaired) electrons. The van der Waals surface area contributed by atoms with Crippen molar-refractivity contribution < 1.29 is 19.1 Å². The molecule has 4 atom stereocenters. The second-order valence-corrected chi connectivity index (χ2v) is 5.46. The van der Waals surface area contributed by atoms with E-state index in [2.05, 4.69) is 13.5 Å². The van der Waals surface area contributed by atoms with Crippen molar-refractivity contribution in [3.8, 4) is 0 Å². The summed E-state index contributed by atoms with van der Waals surface area (Å²) in [5.74, 6) is -0.846. The standard InChI is InChI=1S/C12H14O4/c1-3-9(13)16-12-6-11(2)4-7(12)8(5-11)15-10(12)14/h3,7-8H,1,4-6H2,2H3. The molecule has 0 spiro atoms. The summed E-state index contributed by atoms with van der Waals surface area (Å²) in [6, 6.07) is 0. The molecule has 3 rings (SSSR count). The van der Waals surface area contributed by atoms with Crippen LogP contribution in [0.4, 0.5) is 0 Å². The van der Waals surface area contributed by atoms with Gasteiger partial charge in [-0.05, 0) is 18.3 Å². The van der Waals surface area contributed by atoms with Crippen LogP contribution in [-0.2, 0) is 19.1 Å². The minimum Gasteiger partial charge on any atom is -0.459 e. The Labute approximate surface area is 93.6 Å². The number of hydrogen-bond donors (Lipinski definition) is 0. The number of hydrogen-bond acceptors (Lipinski definition) is 4. The highest BCUT2D eigenvalue weighted by atomic mass is 16.6. The summed E-state index contributed by atoms with van der Waals surface area (Å²) in [7, 11) is 0. The molecule has 2 saturated carbocycles. The molecule has 2 bridgehead atoms. The van der Waals surface area contributed by atoms with E-state index >= 15 is 0 Å². The third-order valence-electron chi connectivity index (χ3n) is 4.20. The zero-order chi connectivity index (χ0) is 11.6. The van der Waals surface area contributed by atoms with E-state index in [1.165, 1.54) is 0 Å². The lowest BCUT2D eigenvalue weighted by molar-refractivity contribution is -0.171. The van der Waals surface area contributed by atoms with Gasteiger partial charge in [-0.3, -0.25) is 0 Å². The van der Waals surface area contributed by atoms with Gasteiger partial charge in [0.05, 0.1) is 0 Å². The van der Waals surface area contributed by atoms with Crippen molar-refractivity contribution in [3.05, 3.63) is 12.7 Å². The van der Waals surface area contributed by atoms with Gasteiger partial charge < -0.3 is 9.47 Å². The Kier molecular flexibility index (Phi) is 1.65. The molecule has 3 aliphatic rings. The minimum absolute atomic E-state index is 0.0499. The van der Waals surface area contributed by atoms with Crippen LogP contribution in [0.3, 0.4) is 0 Å². The fourth-order valence-corrected chi connectivity index (χ4v) is 3.71. The SMILES string of the molecule is C=CC(=O)OC12CC3(C)CC(OC1=O)C2C3. The van der Waals surface area contributed by atoms with Crippen LogP contribution in [0, 0.1) is 11.3 Å². The van der Waals surface area contributed by atoms with Crippen molar-refractivity contribution in [3.63, 3.8) is 0 Å². The maximum atomic E-state index is 11.9. The number of carbonyl (C=O) groups excluding carboxylic acids is 2. The summed E-state index contributed by atoms with van der Waals surface area (Å²) in [5, 5.41) is 0. The van der Waals surface area contributed by atoms with E-state index in [-0.39, 0.29) is 23.4 Å². The first-order valence-corrected chi connectivity index (χ1v) is 5.56. The molecule has 3 fully saturated rings. The molecule has 2 aliphatic carbocycles. The number of carbonyl (C=O) groups is 2. The molecule has 1 heterocycles. The molecule has 0 aromatic heterocycles. The predicted molar refractivity (Wildman–Crippen MR) is 54.3 cm³/mol. The molecule has 86 valence electrons. The van der Waals surface area contributed by atoms with Crippen LogP contribution in [0.2, 0.25) is 0 Å². The Morgan fingerprint density at radius 2 is 2.38 bits per heavy atom. The predicted octanol–water partition coefficient (Wildman–Crippen LogP) is 1.20. The molecule has 0 amide bonds. The van der Waals surface area contributed by atoms with Gasteiger partial charge in [-0.15, -0.1) is 0 Å². The van der Waals surface area contributed by atoms with E-state index in [0.29, 0.717) is 6.42 Å². The van der Waals surface area contributed by atoms with Gasteiger partial charge >= 0.3 is 11.9 Å². The molecule has 1 saturated heterocycles. The van der Waals surface area contributed by atoms with Gasteiger partial charge in [0.25, 0.3) is 0 Å². The molecule has 0 aromatic rings. The van der Waals surface area contributed by atoms with Crippen LogP contribution < -0.4 is 0 Å². The summed E-state index contributed by atoms with van der Waals surface area (Å²) in [4.78, 5) is 23.2. The molecule has 16 heavy (non-hydrogen) atoms. The van der Waals surface area contributed by atoms with E-state index in [9.17, 15) is 9.59 Å². The van der Waals surface area contributed by atoms with Crippen molar-refractivity contribution in [2.45, 2.75) is 37.9 Å². The molecule has 1 aliphatic heterocycles. The quantitative estimate of drug-likeness (QED) is 0.520. The van der Waals surface area contributed by atoms with Crippen LogP contribution in [0.25, 0.3) is 0 Å². The Balaban J connectivity index is 1.97. The summed E-state index contributed by atoms with van der Waals surface area (Å²) >= 11 is 0. The van der Waals surface area contributed by atoms with Crippen molar-refractivity contribution in [2.75, 3.05) is 0 Å². The summed E-state index contributed by atoms with van der Waals surface area (Å²) in [6.07, 6.45) is 3.46. The van der Waals surface area contributed by atoms with Crippen molar-refractivity contribution >= 4 is 11.9 Å². The van der Waals surface area contributed by atoms with Crippen LogP contribution in [0.1, 0.15) is 26.2 Å². The van der Waals surface area contributed by atoms with E-state index in [4.69, 9.17) is 9.47 Å². The average molecular weight is 222 g/mol. The highest BCUT2D eigenvalue weighted by Crippen LogP contribution is 2.64. The molecule has 4 nitrogen and oxygen atoms in total. The van der Waals surface area contributed by atoms with E-state index in [1.54, 1.807) is 0 Å². The summed E-state index contributed by atoms with van der Waals surface area (Å²) in [6.45, 7) is 5.49. The Hall–Kier alpha value is -1.32. The average Bonchev–Trinajstić information content (AvgIpc) is 2.71. The number of rotatable bonds is 2. The fraction of sp³-hybridized carbons (Fsp3) is 0.667. The lowest BCUT2D eigenvalue weighted by atomic mass is 9.79. The van der Waals surface area contributed by atoms with Crippen molar-refractivity contribution in [1.29, 1.82) is 0 Å².